The molecular weight excluding hydrogens is 398 g/mol. The molecule has 2 aromatic rings. The first-order valence-electron chi connectivity index (χ1n) is 10.0. The SMILES string of the molecule is N=C(N)CCCCN(c1ccc(Br)cc1)C1CCC(c2ccccc2)CC1. The molecule has 0 heterocycles. The lowest BCUT2D eigenvalue weighted by atomic mass is 9.81. The zero-order valence-electron chi connectivity index (χ0n) is 15.9. The van der Waals surface area contributed by atoms with Gasteiger partial charge in [-0.25, -0.2) is 0 Å². The van der Waals surface area contributed by atoms with E-state index in [4.69, 9.17) is 11.1 Å². The molecule has 27 heavy (non-hydrogen) atoms. The van der Waals surface area contributed by atoms with Gasteiger partial charge < -0.3 is 10.6 Å². The zero-order chi connectivity index (χ0) is 19.1. The molecule has 1 aliphatic rings. The van der Waals surface area contributed by atoms with Gasteiger partial charge in [0, 0.05) is 29.2 Å². The fourth-order valence-electron chi connectivity index (χ4n) is 4.20. The Kier molecular flexibility index (Phi) is 7.33. The topological polar surface area (TPSA) is 53.1 Å². The second-order valence-electron chi connectivity index (χ2n) is 7.57. The van der Waals surface area contributed by atoms with E-state index in [9.17, 15) is 0 Å². The zero-order valence-corrected chi connectivity index (χ0v) is 17.5. The average Bonchev–Trinajstić information content (AvgIpc) is 2.70. The van der Waals surface area contributed by atoms with Crippen molar-refractivity contribution >= 4 is 27.5 Å². The summed E-state index contributed by atoms with van der Waals surface area (Å²) in [4.78, 5) is 2.59. The molecule has 3 N–H and O–H groups in total. The Bertz CT molecular complexity index is 706. The molecule has 0 bridgehead atoms. The summed E-state index contributed by atoms with van der Waals surface area (Å²) in [6.45, 7) is 1.04. The van der Waals surface area contributed by atoms with Crippen molar-refractivity contribution in [2.75, 3.05) is 11.4 Å². The smallest absolute Gasteiger partial charge is 0.0905 e. The van der Waals surface area contributed by atoms with E-state index in [0.29, 0.717) is 24.2 Å². The standard InChI is InChI=1S/C23H30BrN3/c24-20-11-15-22(16-12-20)27(17-5-4-8-23(25)26)21-13-9-19(10-14-21)18-6-2-1-3-7-18/h1-3,6-7,11-12,15-16,19,21H,4-5,8-10,13-14,17H2,(H3,25,26). The summed E-state index contributed by atoms with van der Waals surface area (Å²) in [6, 6.07) is 20.3. The van der Waals surface area contributed by atoms with E-state index in [1.54, 1.807) is 0 Å². The summed E-state index contributed by atoms with van der Waals surface area (Å²) < 4.78 is 1.12. The fourth-order valence-corrected chi connectivity index (χ4v) is 4.46. The number of hydrogen-bond donors (Lipinski definition) is 2. The summed E-state index contributed by atoms with van der Waals surface area (Å²) >= 11 is 3.55. The van der Waals surface area contributed by atoms with Crippen molar-refractivity contribution in [2.45, 2.75) is 56.9 Å². The summed E-state index contributed by atoms with van der Waals surface area (Å²) in [7, 11) is 0. The quantitative estimate of drug-likeness (QED) is 0.304. The number of hydrogen-bond acceptors (Lipinski definition) is 2. The van der Waals surface area contributed by atoms with Crippen LogP contribution in [0.5, 0.6) is 0 Å². The minimum atomic E-state index is 0.300. The normalized spacial score (nSPS) is 19.6. The van der Waals surface area contributed by atoms with Crippen molar-refractivity contribution in [1.29, 1.82) is 5.41 Å². The molecule has 0 spiro atoms. The van der Waals surface area contributed by atoms with Crippen LogP contribution in [-0.4, -0.2) is 18.4 Å². The Morgan fingerprint density at radius 3 is 2.26 bits per heavy atom. The number of anilines is 1. The maximum absolute atomic E-state index is 7.43. The van der Waals surface area contributed by atoms with Crippen LogP contribution in [0.1, 0.15) is 56.4 Å². The van der Waals surface area contributed by atoms with Gasteiger partial charge in [-0.05, 0) is 74.3 Å². The molecule has 1 aliphatic carbocycles. The molecule has 2 aromatic carbocycles. The van der Waals surface area contributed by atoms with Crippen LogP contribution in [0.3, 0.4) is 0 Å². The van der Waals surface area contributed by atoms with Gasteiger partial charge in [-0.3, -0.25) is 5.41 Å². The summed E-state index contributed by atoms with van der Waals surface area (Å²) in [5.74, 6) is 1.00. The van der Waals surface area contributed by atoms with Gasteiger partial charge in [0.15, 0.2) is 0 Å². The Hall–Kier alpha value is -1.81. The monoisotopic (exact) mass is 427 g/mol. The molecule has 0 aliphatic heterocycles. The van der Waals surface area contributed by atoms with Crippen molar-refractivity contribution in [2.24, 2.45) is 5.73 Å². The molecule has 0 aromatic heterocycles. The van der Waals surface area contributed by atoms with E-state index >= 15 is 0 Å². The van der Waals surface area contributed by atoms with E-state index in [1.165, 1.54) is 36.9 Å². The summed E-state index contributed by atoms with van der Waals surface area (Å²) in [5, 5.41) is 7.43. The van der Waals surface area contributed by atoms with Crippen LogP contribution in [0.4, 0.5) is 5.69 Å². The van der Waals surface area contributed by atoms with Crippen molar-refractivity contribution in [3.05, 3.63) is 64.6 Å². The number of nitrogens with two attached hydrogens (primary N) is 1. The third-order valence-electron chi connectivity index (χ3n) is 5.66. The first-order valence-corrected chi connectivity index (χ1v) is 10.8. The molecule has 1 saturated carbocycles. The number of amidine groups is 1. The minimum Gasteiger partial charge on any atom is -0.388 e. The number of halogens is 1. The van der Waals surface area contributed by atoms with Gasteiger partial charge in [-0.1, -0.05) is 46.3 Å². The molecule has 4 heteroatoms. The molecule has 3 rings (SSSR count). The Morgan fingerprint density at radius 1 is 0.963 bits per heavy atom. The van der Waals surface area contributed by atoms with E-state index in [-0.39, 0.29) is 0 Å². The third kappa shape index (κ3) is 5.83. The van der Waals surface area contributed by atoms with Crippen LogP contribution in [0.2, 0.25) is 0 Å². The van der Waals surface area contributed by atoms with Crippen LogP contribution in [0.15, 0.2) is 59.1 Å². The predicted octanol–water partition coefficient (Wildman–Crippen LogP) is 6.09. The van der Waals surface area contributed by atoms with Gasteiger partial charge in [-0.15, -0.1) is 0 Å². The fraction of sp³-hybridized carbons (Fsp3) is 0.435. The Morgan fingerprint density at radius 2 is 1.63 bits per heavy atom. The largest absolute Gasteiger partial charge is 0.388 e. The molecule has 0 saturated heterocycles. The maximum atomic E-state index is 7.43. The molecule has 144 valence electrons. The molecule has 0 unspecified atom stereocenters. The maximum Gasteiger partial charge on any atom is 0.0905 e. The van der Waals surface area contributed by atoms with Crippen molar-refractivity contribution in [3.8, 4) is 0 Å². The highest BCUT2D eigenvalue weighted by molar-refractivity contribution is 9.10. The number of nitrogens with zero attached hydrogens (tertiary/aromatic N) is 1. The van der Waals surface area contributed by atoms with E-state index in [1.807, 2.05) is 0 Å². The summed E-state index contributed by atoms with van der Waals surface area (Å²) in [6.07, 6.45) is 7.76. The van der Waals surface area contributed by atoms with Crippen LogP contribution in [-0.2, 0) is 0 Å². The van der Waals surface area contributed by atoms with Gasteiger partial charge in [-0.2, -0.15) is 0 Å². The number of rotatable bonds is 8. The van der Waals surface area contributed by atoms with Gasteiger partial charge in [0.05, 0.1) is 5.84 Å². The Labute approximate surface area is 171 Å². The van der Waals surface area contributed by atoms with E-state index < -0.39 is 0 Å². The lowest BCUT2D eigenvalue weighted by molar-refractivity contribution is 0.374. The first-order chi connectivity index (χ1) is 13.1. The van der Waals surface area contributed by atoms with Crippen LogP contribution >= 0.6 is 15.9 Å². The predicted molar refractivity (Wildman–Crippen MR) is 119 cm³/mol. The number of benzene rings is 2. The average molecular weight is 428 g/mol. The summed E-state index contributed by atoms with van der Waals surface area (Å²) in [5.41, 5.74) is 8.32. The van der Waals surface area contributed by atoms with E-state index in [2.05, 4.69) is 75.4 Å². The highest BCUT2D eigenvalue weighted by Gasteiger charge is 2.26. The van der Waals surface area contributed by atoms with Crippen molar-refractivity contribution < 1.29 is 0 Å². The van der Waals surface area contributed by atoms with Gasteiger partial charge >= 0.3 is 0 Å². The van der Waals surface area contributed by atoms with Crippen molar-refractivity contribution in [3.63, 3.8) is 0 Å². The van der Waals surface area contributed by atoms with Crippen LogP contribution in [0.25, 0.3) is 0 Å². The molecule has 0 radical (unpaired) electrons. The highest BCUT2D eigenvalue weighted by Crippen LogP contribution is 2.36. The first kappa shape index (κ1) is 19.9. The molecule has 3 nitrogen and oxygen atoms in total. The lowest BCUT2D eigenvalue weighted by Crippen LogP contribution is -2.38. The van der Waals surface area contributed by atoms with Crippen LogP contribution in [0, 0.1) is 5.41 Å². The minimum absolute atomic E-state index is 0.300. The molecule has 0 amide bonds. The molecular formula is C23H30BrN3. The van der Waals surface area contributed by atoms with E-state index in [0.717, 1.165) is 23.9 Å². The molecule has 1 fully saturated rings. The van der Waals surface area contributed by atoms with Gasteiger partial charge in [0.1, 0.15) is 0 Å². The molecule has 0 atom stereocenters. The third-order valence-corrected chi connectivity index (χ3v) is 6.19. The van der Waals surface area contributed by atoms with Gasteiger partial charge in [0.2, 0.25) is 0 Å². The second-order valence-corrected chi connectivity index (χ2v) is 8.48. The van der Waals surface area contributed by atoms with Crippen LogP contribution < -0.4 is 10.6 Å². The Balaban J connectivity index is 1.63. The highest BCUT2D eigenvalue weighted by atomic mass is 79.9. The lowest BCUT2D eigenvalue weighted by Gasteiger charge is -2.39. The van der Waals surface area contributed by atoms with Gasteiger partial charge in [0.25, 0.3) is 0 Å². The second kappa shape index (κ2) is 9.93. The van der Waals surface area contributed by atoms with Crippen molar-refractivity contribution in [1.82, 2.24) is 0 Å². The number of unbranched alkanes of at least 4 members (excludes halogenated alkanes) is 1. The number of nitrogens with one attached hydrogen (secondary N) is 1.